The molecule has 1 aliphatic heterocycles. The van der Waals surface area contributed by atoms with E-state index in [-0.39, 0.29) is 11.9 Å². The predicted molar refractivity (Wildman–Crippen MR) is 91.2 cm³/mol. The van der Waals surface area contributed by atoms with Gasteiger partial charge in [-0.15, -0.1) is 5.10 Å². The Bertz CT molecular complexity index is 995. The molecule has 1 saturated heterocycles. The molecule has 0 unspecified atom stereocenters. The topological polar surface area (TPSA) is 89.9 Å². The summed E-state index contributed by atoms with van der Waals surface area (Å²) in [5.41, 5.74) is 0.887. The van der Waals surface area contributed by atoms with E-state index in [9.17, 15) is 9.18 Å². The highest BCUT2D eigenvalue weighted by molar-refractivity contribution is 5.94. The minimum atomic E-state index is -0.414. The van der Waals surface area contributed by atoms with Crippen LogP contribution in [-0.4, -0.2) is 49.0 Å². The second kappa shape index (κ2) is 6.26. The molecule has 27 heavy (non-hydrogen) atoms. The summed E-state index contributed by atoms with van der Waals surface area (Å²) in [7, 11) is 0. The lowest BCUT2D eigenvalue weighted by atomic mass is 10.2. The van der Waals surface area contributed by atoms with E-state index in [1.807, 2.05) is 0 Å². The molecule has 0 radical (unpaired) electrons. The largest absolute Gasteiger partial charge is 0.336 e. The van der Waals surface area contributed by atoms with Crippen LogP contribution in [0.5, 0.6) is 0 Å². The molecule has 1 aliphatic carbocycles. The summed E-state index contributed by atoms with van der Waals surface area (Å²) >= 11 is 0. The summed E-state index contributed by atoms with van der Waals surface area (Å²) in [5, 5.41) is 12.3. The van der Waals surface area contributed by atoms with Gasteiger partial charge in [0.2, 0.25) is 0 Å². The summed E-state index contributed by atoms with van der Waals surface area (Å²) in [6.45, 7) is 1.08. The lowest BCUT2D eigenvalue weighted by Crippen LogP contribution is -2.29. The zero-order chi connectivity index (χ0) is 18.4. The van der Waals surface area contributed by atoms with Gasteiger partial charge in [0, 0.05) is 24.6 Å². The second-order valence-electron chi connectivity index (χ2n) is 7.02. The summed E-state index contributed by atoms with van der Waals surface area (Å²) in [6.07, 6.45) is 4.72. The van der Waals surface area contributed by atoms with Gasteiger partial charge in [0.25, 0.3) is 11.8 Å². The number of hydrogen-bond donors (Lipinski definition) is 0. The van der Waals surface area contributed by atoms with E-state index in [0.717, 1.165) is 25.1 Å². The maximum absolute atomic E-state index is 13.4. The molecule has 5 rings (SSSR count). The van der Waals surface area contributed by atoms with Gasteiger partial charge in [-0.1, -0.05) is 16.4 Å². The Hall–Kier alpha value is -3.10. The van der Waals surface area contributed by atoms with Crippen LogP contribution in [0.3, 0.4) is 0 Å². The van der Waals surface area contributed by atoms with Crippen LogP contribution in [0, 0.1) is 5.82 Å². The van der Waals surface area contributed by atoms with E-state index in [1.54, 1.807) is 27.9 Å². The van der Waals surface area contributed by atoms with Crippen LogP contribution in [0.4, 0.5) is 4.39 Å². The molecule has 8 nitrogen and oxygen atoms in total. The van der Waals surface area contributed by atoms with Crippen molar-refractivity contribution in [3.05, 3.63) is 47.7 Å². The number of carbonyl (C=O) groups is 1. The van der Waals surface area contributed by atoms with E-state index >= 15 is 0 Å². The highest BCUT2D eigenvalue weighted by Crippen LogP contribution is 2.38. The normalized spacial score (nSPS) is 19.6. The Kier molecular flexibility index (Phi) is 3.73. The van der Waals surface area contributed by atoms with Crippen molar-refractivity contribution in [1.82, 2.24) is 30.0 Å². The molecule has 0 bridgehead atoms. The maximum atomic E-state index is 13.4. The van der Waals surface area contributed by atoms with Crippen LogP contribution in [0.25, 0.3) is 11.6 Å². The molecule has 1 atom stereocenters. The van der Waals surface area contributed by atoms with Crippen LogP contribution < -0.4 is 0 Å². The Labute approximate surface area is 154 Å². The number of likely N-dealkylation sites (tertiary alicyclic amines) is 1. The highest BCUT2D eigenvalue weighted by Gasteiger charge is 2.31. The third kappa shape index (κ3) is 3.09. The molecule has 3 aromatic rings. The van der Waals surface area contributed by atoms with Crippen LogP contribution in [0.2, 0.25) is 0 Å². The molecule has 2 aliphatic rings. The average Bonchev–Trinajstić information content (AvgIpc) is 3.09. The number of aromatic nitrogens is 5. The number of halogens is 1. The fourth-order valence-corrected chi connectivity index (χ4v) is 3.35. The van der Waals surface area contributed by atoms with Crippen molar-refractivity contribution in [2.45, 2.75) is 31.2 Å². The zero-order valence-electron chi connectivity index (χ0n) is 14.5. The third-order valence-electron chi connectivity index (χ3n) is 5.01. The maximum Gasteiger partial charge on any atom is 0.280 e. The van der Waals surface area contributed by atoms with Crippen molar-refractivity contribution in [3.8, 4) is 11.6 Å². The van der Waals surface area contributed by atoms with Crippen molar-refractivity contribution in [2.75, 3.05) is 13.1 Å². The van der Waals surface area contributed by atoms with E-state index in [0.29, 0.717) is 36.2 Å². The first-order chi connectivity index (χ1) is 13.2. The van der Waals surface area contributed by atoms with Gasteiger partial charge < -0.3 is 9.42 Å². The van der Waals surface area contributed by atoms with Crippen molar-refractivity contribution < 1.29 is 13.7 Å². The van der Waals surface area contributed by atoms with Crippen LogP contribution in [0.15, 0.2) is 35.0 Å². The van der Waals surface area contributed by atoms with Crippen molar-refractivity contribution in [2.24, 2.45) is 0 Å². The number of rotatable bonds is 4. The molecule has 9 heteroatoms. The number of carbonyl (C=O) groups excluding carboxylic acids is 1. The van der Waals surface area contributed by atoms with Gasteiger partial charge in [-0.25, -0.2) is 9.07 Å². The van der Waals surface area contributed by atoms with Crippen LogP contribution >= 0.6 is 0 Å². The van der Waals surface area contributed by atoms with Gasteiger partial charge in [-0.05, 0) is 37.5 Å². The van der Waals surface area contributed by atoms with E-state index in [4.69, 9.17) is 4.52 Å². The fourth-order valence-electron chi connectivity index (χ4n) is 3.35. The van der Waals surface area contributed by atoms with Gasteiger partial charge >= 0.3 is 0 Å². The average molecular weight is 368 g/mol. The number of hydrogen-bond acceptors (Lipinski definition) is 6. The van der Waals surface area contributed by atoms with E-state index in [2.05, 4.69) is 20.5 Å². The first-order valence-corrected chi connectivity index (χ1v) is 8.98. The van der Waals surface area contributed by atoms with E-state index < -0.39 is 5.82 Å². The van der Waals surface area contributed by atoms with Gasteiger partial charge in [0.05, 0.1) is 12.2 Å². The molecule has 2 aromatic heterocycles. The minimum absolute atomic E-state index is 0.00887. The SMILES string of the molecule is O=C(c1cccc(F)c1)N1CC[C@H](n2cc(-c3nc(C4CC4)no3)nn2)C1. The number of benzene rings is 1. The molecule has 0 spiro atoms. The predicted octanol–water partition coefficient (Wildman–Crippen LogP) is 2.43. The Morgan fingerprint density at radius 1 is 1.26 bits per heavy atom. The Balaban J connectivity index is 1.29. The molecular formula is C18H17FN6O2. The minimum Gasteiger partial charge on any atom is -0.336 e. The number of nitrogens with zero attached hydrogens (tertiary/aromatic N) is 6. The third-order valence-corrected chi connectivity index (χ3v) is 5.01. The standard InChI is InChI=1S/C18H17FN6O2/c19-13-3-1-2-12(8-13)18(26)24-7-6-14(9-24)25-10-15(21-23-25)17-20-16(22-27-17)11-4-5-11/h1-3,8,10-11,14H,4-7,9H2/t14-/m0/s1. The van der Waals surface area contributed by atoms with Crippen LogP contribution in [0.1, 0.15) is 47.4 Å². The van der Waals surface area contributed by atoms with Crippen molar-refractivity contribution >= 4 is 5.91 Å². The molecule has 3 heterocycles. The smallest absolute Gasteiger partial charge is 0.280 e. The lowest BCUT2D eigenvalue weighted by molar-refractivity contribution is 0.0786. The molecule has 2 fully saturated rings. The molecular weight excluding hydrogens is 351 g/mol. The molecule has 138 valence electrons. The highest BCUT2D eigenvalue weighted by atomic mass is 19.1. The summed E-state index contributed by atoms with van der Waals surface area (Å²) in [4.78, 5) is 18.6. The van der Waals surface area contributed by atoms with Crippen LogP contribution in [-0.2, 0) is 0 Å². The molecule has 1 amide bonds. The van der Waals surface area contributed by atoms with Gasteiger partial charge in [0.1, 0.15) is 5.82 Å². The summed E-state index contributed by atoms with van der Waals surface area (Å²) in [6, 6.07) is 5.76. The van der Waals surface area contributed by atoms with Gasteiger partial charge in [-0.2, -0.15) is 4.98 Å². The quantitative estimate of drug-likeness (QED) is 0.703. The number of amides is 1. The molecule has 1 saturated carbocycles. The lowest BCUT2D eigenvalue weighted by Gasteiger charge is -2.16. The summed E-state index contributed by atoms with van der Waals surface area (Å²) in [5.74, 6) is 0.918. The Morgan fingerprint density at radius 2 is 2.15 bits per heavy atom. The van der Waals surface area contributed by atoms with Crippen molar-refractivity contribution in [3.63, 3.8) is 0 Å². The Morgan fingerprint density at radius 3 is 2.96 bits per heavy atom. The van der Waals surface area contributed by atoms with E-state index in [1.165, 1.54) is 12.1 Å². The van der Waals surface area contributed by atoms with Gasteiger partial charge in [0.15, 0.2) is 11.5 Å². The first kappa shape index (κ1) is 16.1. The first-order valence-electron chi connectivity index (χ1n) is 8.98. The molecule has 1 aromatic carbocycles. The van der Waals surface area contributed by atoms with Gasteiger partial charge in [-0.3, -0.25) is 4.79 Å². The van der Waals surface area contributed by atoms with Crippen molar-refractivity contribution in [1.29, 1.82) is 0 Å². The monoisotopic (exact) mass is 368 g/mol. The fraction of sp³-hybridized carbons (Fsp3) is 0.389. The second-order valence-corrected chi connectivity index (χ2v) is 7.02. The summed E-state index contributed by atoms with van der Waals surface area (Å²) < 4.78 is 20.4. The zero-order valence-corrected chi connectivity index (χ0v) is 14.5. The molecule has 0 N–H and O–H groups in total.